The van der Waals surface area contributed by atoms with Crippen molar-refractivity contribution in [3.05, 3.63) is 57.6 Å². The molecule has 0 aliphatic carbocycles. The number of rotatable bonds is 3. The maximum absolute atomic E-state index is 12.3. The van der Waals surface area contributed by atoms with Gasteiger partial charge in [-0.05, 0) is 24.6 Å². The Morgan fingerprint density at radius 2 is 2.05 bits per heavy atom. The van der Waals surface area contributed by atoms with Crippen molar-refractivity contribution >= 4 is 29.1 Å². The third-order valence-electron chi connectivity index (χ3n) is 2.78. The Labute approximate surface area is 127 Å². The molecule has 0 bridgehead atoms. The largest absolute Gasteiger partial charge is 0.336 e. The monoisotopic (exact) mass is 309 g/mol. The van der Waals surface area contributed by atoms with Crippen LogP contribution in [-0.4, -0.2) is 27.8 Å². The van der Waals surface area contributed by atoms with Gasteiger partial charge in [-0.3, -0.25) is 4.79 Å². The van der Waals surface area contributed by atoms with Crippen molar-refractivity contribution in [3.8, 4) is 0 Å². The van der Waals surface area contributed by atoms with E-state index in [0.717, 1.165) is 5.56 Å². The molecule has 0 radical (unpaired) electrons. The quantitative estimate of drug-likeness (QED) is 0.873. The van der Waals surface area contributed by atoms with E-state index in [0.29, 0.717) is 28.1 Å². The summed E-state index contributed by atoms with van der Waals surface area (Å²) in [6.45, 7) is 2.10. The molecule has 0 spiro atoms. The lowest BCUT2D eigenvalue weighted by atomic mass is 10.2. The second kappa shape index (κ2) is 6.20. The second-order valence-corrected chi connectivity index (χ2v) is 5.15. The fourth-order valence-electron chi connectivity index (χ4n) is 1.77. The Kier molecular flexibility index (Phi) is 4.57. The van der Waals surface area contributed by atoms with Crippen molar-refractivity contribution in [1.82, 2.24) is 14.9 Å². The molecule has 104 valence electrons. The van der Waals surface area contributed by atoms with Crippen LogP contribution in [0.3, 0.4) is 0 Å². The van der Waals surface area contributed by atoms with Crippen LogP contribution in [0.5, 0.6) is 0 Å². The third kappa shape index (κ3) is 3.26. The molecule has 2 rings (SSSR count). The minimum atomic E-state index is -0.188. The number of benzene rings is 1. The Balaban J connectivity index is 2.18. The van der Waals surface area contributed by atoms with Gasteiger partial charge in [0.15, 0.2) is 0 Å². The zero-order chi connectivity index (χ0) is 14.7. The van der Waals surface area contributed by atoms with Gasteiger partial charge in [0.05, 0.1) is 10.0 Å². The number of carbonyl (C=O) groups is 1. The van der Waals surface area contributed by atoms with E-state index in [-0.39, 0.29) is 5.91 Å². The first-order valence-electron chi connectivity index (χ1n) is 5.97. The zero-order valence-electron chi connectivity index (χ0n) is 11.1. The maximum Gasteiger partial charge on any atom is 0.272 e. The molecular formula is C14H13Cl2N3O. The summed E-state index contributed by atoms with van der Waals surface area (Å²) in [5.41, 5.74) is 1.15. The fourth-order valence-corrected chi connectivity index (χ4v) is 2.15. The summed E-state index contributed by atoms with van der Waals surface area (Å²) >= 11 is 12.1. The maximum atomic E-state index is 12.3. The van der Waals surface area contributed by atoms with Crippen LogP contribution in [0.2, 0.25) is 10.0 Å². The first-order chi connectivity index (χ1) is 9.49. The average Bonchev–Trinajstić information content (AvgIpc) is 2.43. The van der Waals surface area contributed by atoms with Crippen LogP contribution in [0.15, 0.2) is 30.5 Å². The molecule has 4 nitrogen and oxygen atoms in total. The van der Waals surface area contributed by atoms with Crippen LogP contribution >= 0.6 is 23.2 Å². The summed E-state index contributed by atoms with van der Waals surface area (Å²) < 4.78 is 0. The molecule has 0 aliphatic heterocycles. The van der Waals surface area contributed by atoms with E-state index >= 15 is 0 Å². The van der Waals surface area contributed by atoms with Crippen molar-refractivity contribution in [2.75, 3.05) is 7.05 Å². The number of aryl methyl sites for hydroxylation is 1. The van der Waals surface area contributed by atoms with Gasteiger partial charge in [-0.1, -0.05) is 35.3 Å². The summed E-state index contributed by atoms with van der Waals surface area (Å²) in [6, 6.07) is 6.94. The first-order valence-corrected chi connectivity index (χ1v) is 6.72. The Morgan fingerprint density at radius 3 is 2.75 bits per heavy atom. The molecule has 0 atom stereocenters. The van der Waals surface area contributed by atoms with Crippen LogP contribution in [0, 0.1) is 6.92 Å². The molecule has 1 heterocycles. The molecule has 0 saturated carbocycles. The predicted octanol–water partition coefficient (Wildman–Crippen LogP) is 3.36. The van der Waals surface area contributed by atoms with Gasteiger partial charge in [-0.15, -0.1) is 0 Å². The van der Waals surface area contributed by atoms with Crippen LogP contribution in [0.4, 0.5) is 0 Å². The van der Waals surface area contributed by atoms with Crippen molar-refractivity contribution in [3.63, 3.8) is 0 Å². The van der Waals surface area contributed by atoms with E-state index in [1.807, 2.05) is 6.07 Å². The van der Waals surface area contributed by atoms with Gasteiger partial charge in [0.1, 0.15) is 11.5 Å². The minimum Gasteiger partial charge on any atom is -0.336 e. The van der Waals surface area contributed by atoms with Crippen LogP contribution in [0.1, 0.15) is 21.9 Å². The van der Waals surface area contributed by atoms with Crippen molar-refractivity contribution < 1.29 is 4.79 Å². The third-order valence-corrected chi connectivity index (χ3v) is 3.64. The molecule has 0 aliphatic rings. The lowest BCUT2D eigenvalue weighted by Gasteiger charge is -2.18. The molecule has 0 fully saturated rings. The highest BCUT2D eigenvalue weighted by Gasteiger charge is 2.15. The van der Waals surface area contributed by atoms with E-state index in [1.165, 1.54) is 0 Å². The zero-order valence-corrected chi connectivity index (χ0v) is 12.6. The molecular weight excluding hydrogens is 297 g/mol. The van der Waals surface area contributed by atoms with Gasteiger partial charge >= 0.3 is 0 Å². The molecule has 1 amide bonds. The molecule has 0 unspecified atom stereocenters. The van der Waals surface area contributed by atoms with E-state index in [1.54, 1.807) is 43.3 Å². The van der Waals surface area contributed by atoms with E-state index in [4.69, 9.17) is 23.2 Å². The van der Waals surface area contributed by atoms with E-state index in [2.05, 4.69) is 9.97 Å². The van der Waals surface area contributed by atoms with E-state index < -0.39 is 0 Å². The summed E-state index contributed by atoms with van der Waals surface area (Å²) in [5.74, 6) is 0.372. The van der Waals surface area contributed by atoms with Crippen molar-refractivity contribution in [2.24, 2.45) is 0 Å². The number of nitrogens with zero attached hydrogens (tertiary/aromatic N) is 3. The fraction of sp³-hybridized carbons (Fsp3) is 0.214. The normalized spacial score (nSPS) is 10.4. The number of aromatic nitrogens is 2. The smallest absolute Gasteiger partial charge is 0.272 e. The molecule has 0 N–H and O–H groups in total. The highest BCUT2D eigenvalue weighted by molar-refractivity contribution is 6.42. The van der Waals surface area contributed by atoms with Gasteiger partial charge < -0.3 is 4.90 Å². The Hall–Kier alpha value is -1.65. The molecule has 6 heteroatoms. The standard InChI is InChI=1S/C14H13Cl2N3O/c1-9-17-7-6-12(18-9)14(20)19(2)8-10-4-3-5-11(15)13(10)16/h3-7H,8H2,1-2H3. The molecule has 1 aromatic carbocycles. The number of hydrogen-bond donors (Lipinski definition) is 0. The summed E-state index contributed by atoms with van der Waals surface area (Å²) in [5, 5.41) is 0.940. The SMILES string of the molecule is Cc1nccc(C(=O)N(C)Cc2cccc(Cl)c2Cl)n1. The predicted molar refractivity (Wildman–Crippen MR) is 79.0 cm³/mol. The highest BCUT2D eigenvalue weighted by atomic mass is 35.5. The molecule has 20 heavy (non-hydrogen) atoms. The van der Waals surface area contributed by atoms with Gasteiger partial charge in [-0.25, -0.2) is 9.97 Å². The van der Waals surface area contributed by atoms with Crippen LogP contribution < -0.4 is 0 Å². The minimum absolute atomic E-state index is 0.188. The van der Waals surface area contributed by atoms with E-state index in [9.17, 15) is 4.79 Å². The average molecular weight is 310 g/mol. The lowest BCUT2D eigenvalue weighted by Crippen LogP contribution is -2.27. The second-order valence-electron chi connectivity index (χ2n) is 4.36. The molecule has 1 aromatic heterocycles. The number of halogens is 2. The number of carbonyl (C=O) groups excluding carboxylic acids is 1. The van der Waals surface area contributed by atoms with Gasteiger partial charge in [-0.2, -0.15) is 0 Å². The topological polar surface area (TPSA) is 46.1 Å². The van der Waals surface area contributed by atoms with Crippen LogP contribution in [-0.2, 0) is 6.54 Å². The Morgan fingerprint density at radius 1 is 1.30 bits per heavy atom. The summed E-state index contributed by atoms with van der Waals surface area (Å²) in [7, 11) is 1.69. The van der Waals surface area contributed by atoms with Crippen LogP contribution in [0.25, 0.3) is 0 Å². The number of hydrogen-bond acceptors (Lipinski definition) is 3. The van der Waals surface area contributed by atoms with Crippen molar-refractivity contribution in [2.45, 2.75) is 13.5 Å². The Bertz CT molecular complexity index is 646. The van der Waals surface area contributed by atoms with Gasteiger partial charge in [0.25, 0.3) is 5.91 Å². The van der Waals surface area contributed by atoms with Gasteiger partial charge in [0.2, 0.25) is 0 Å². The first kappa shape index (κ1) is 14.8. The molecule has 2 aromatic rings. The van der Waals surface area contributed by atoms with Crippen molar-refractivity contribution in [1.29, 1.82) is 0 Å². The summed E-state index contributed by atoms with van der Waals surface area (Å²) in [6.07, 6.45) is 1.57. The van der Waals surface area contributed by atoms with Gasteiger partial charge in [0, 0.05) is 19.8 Å². The summed E-state index contributed by atoms with van der Waals surface area (Å²) in [4.78, 5) is 21.9. The molecule has 0 saturated heterocycles. The lowest BCUT2D eigenvalue weighted by molar-refractivity contribution is 0.0779. The number of amides is 1. The highest BCUT2D eigenvalue weighted by Crippen LogP contribution is 2.26.